The molecule has 0 heterocycles. The van der Waals surface area contributed by atoms with Crippen molar-refractivity contribution in [1.82, 2.24) is 5.32 Å². The van der Waals surface area contributed by atoms with E-state index in [0.29, 0.717) is 35.9 Å². The first kappa shape index (κ1) is 21.2. The summed E-state index contributed by atoms with van der Waals surface area (Å²) in [7, 11) is 3.21. The van der Waals surface area contributed by atoms with E-state index in [2.05, 4.69) is 10.6 Å². The van der Waals surface area contributed by atoms with Crippen molar-refractivity contribution < 1.29 is 23.8 Å². The average Bonchev–Trinajstić information content (AvgIpc) is 2.72. The molecule has 1 atom stereocenters. The molecule has 0 fully saturated rings. The normalized spacial score (nSPS) is 11.4. The first-order valence-corrected chi connectivity index (χ1v) is 9.02. The van der Waals surface area contributed by atoms with Crippen LogP contribution in [0.2, 0.25) is 0 Å². The third kappa shape index (κ3) is 6.59. The fraction of sp³-hybridized carbons (Fsp3) is 0.333. The molecule has 7 heteroatoms. The van der Waals surface area contributed by atoms with E-state index in [0.717, 1.165) is 6.42 Å². The number of amides is 2. The monoisotopic (exact) mass is 386 g/mol. The van der Waals surface area contributed by atoms with Gasteiger partial charge in [0.25, 0.3) is 11.8 Å². The Morgan fingerprint density at radius 2 is 1.61 bits per heavy atom. The SMILES string of the molecule is COCCCNC(=O)c1ccc(NC(=O)C(C)Oc2ccc(OC)cc2)cc1. The zero-order valence-electron chi connectivity index (χ0n) is 16.4. The van der Waals surface area contributed by atoms with Gasteiger partial charge in [-0.05, 0) is 61.9 Å². The lowest BCUT2D eigenvalue weighted by atomic mass is 10.2. The molecule has 2 amide bonds. The zero-order valence-corrected chi connectivity index (χ0v) is 16.4. The second-order valence-electron chi connectivity index (χ2n) is 6.10. The van der Waals surface area contributed by atoms with Crippen molar-refractivity contribution in [3.63, 3.8) is 0 Å². The van der Waals surface area contributed by atoms with E-state index in [-0.39, 0.29) is 11.8 Å². The second kappa shape index (κ2) is 10.9. The molecule has 0 spiro atoms. The van der Waals surface area contributed by atoms with Gasteiger partial charge in [-0.3, -0.25) is 9.59 Å². The lowest BCUT2D eigenvalue weighted by molar-refractivity contribution is -0.122. The molecule has 0 bridgehead atoms. The smallest absolute Gasteiger partial charge is 0.265 e. The first-order valence-electron chi connectivity index (χ1n) is 9.02. The van der Waals surface area contributed by atoms with Crippen molar-refractivity contribution in [2.24, 2.45) is 0 Å². The fourth-order valence-electron chi connectivity index (χ4n) is 2.38. The standard InChI is InChI=1S/C21H26N2O5/c1-15(28-19-11-9-18(27-3)10-12-19)20(24)23-17-7-5-16(6-8-17)21(25)22-13-4-14-26-2/h5-12,15H,4,13-14H2,1-3H3,(H,22,25)(H,23,24). The maximum absolute atomic E-state index is 12.3. The number of nitrogens with one attached hydrogen (secondary N) is 2. The van der Waals surface area contributed by atoms with Gasteiger partial charge in [-0.1, -0.05) is 0 Å². The molecule has 150 valence electrons. The van der Waals surface area contributed by atoms with Crippen LogP contribution in [0, 0.1) is 0 Å². The first-order chi connectivity index (χ1) is 13.5. The Morgan fingerprint density at radius 1 is 0.964 bits per heavy atom. The van der Waals surface area contributed by atoms with Crippen molar-refractivity contribution in [2.75, 3.05) is 32.7 Å². The van der Waals surface area contributed by atoms with Crippen LogP contribution in [-0.2, 0) is 9.53 Å². The summed E-state index contributed by atoms with van der Waals surface area (Å²) in [6, 6.07) is 13.7. The highest BCUT2D eigenvalue weighted by Gasteiger charge is 2.15. The van der Waals surface area contributed by atoms with E-state index >= 15 is 0 Å². The van der Waals surface area contributed by atoms with Crippen LogP contribution in [0.25, 0.3) is 0 Å². The van der Waals surface area contributed by atoms with Gasteiger partial charge < -0.3 is 24.8 Å². The Morgan fingerprint density at radius 3 is 2.21 bits per heavy atom. The van der Waals surface area contributed by atoms with Crippen molar-refractivity contribution in [3.05, 3.63) is 54.1 Å². The summed E-state index contributed by atoms with van der Waals surface area (Å²) in [5, 5.41) is 5.59. The van der Waals surface area contributed by atoms with Gasteiger partial charge in [0.15, 0.2) is 6.10 Å². The minimum Gasteiger partial charge on any atom is -0.497 e. The van der Waals surface area contributed by atoms with Crippen LogP contribution in [0.1, 0.15) is 23.7 Å². The van der Waals surface area contributed by atoms with Gasteiger partial charge in [-0.25, -0.2) is 0 Å². The van der Waals surface area contributed by atoms with Crippen LogP contribution in [0.15, 0.2) is 48.5 Å². The van der Waals surface area contributed by atoms with E-state index < -0.39 is 6.10 Å². The van der Waals surface area contributed by atoms with Gasteiger partial charge >= 0.3 is 0 Å². The molecule has 2 aromatic rings. The number of ether oxygens (including phenoxy) is 3. The van der Waals surface area contributed by atoms with Gasteiger partial charge in [0, 0.05) is 31.5 Å². The molecular weight excluding hydrogens is 360 g/mol. The summed E-state index contributed by atoms with van der Waals surface area (Å²) in [6.07, 6.45) is 0.0693. The molecule has 0 aromatic heterocycles. The molecule has 0 aliphatic rings. The molecule has 0 aliphatic carbocycles. The predicted molar refractivity (Wildman–Crippen MR) is 107 cm³/mol. The Labute approximate surface area is 165 Å². The molecule has 0 aliphatic heterocycles. The van der Waals surface area contributed by atoms with E-state index in [1.807, 2.05) is 0 Å². The maximum atomic E-state index is 12.3. The number of anilines is 1. The fourth-order valence-corrected chi connectivity index (χ4v) is 2.38. The average molecular weight is 386 g/mol. The highest BCUT2D eigenvalue weighted by atomic mass is 16.5. The molecule has 2 aromatic carbocycles. The van der Waals surface area contributed by atoms with E-state index in [1.54, 1.807) is 69.7 Å². The number of hydrogen-bond acceptors (Lipinski definition) is 5. The lowest BCUT2D eigenvalue weighted by Gasteiger charge is -2.15. The molecule has 28 heavy (non-hydrogen) atoms. The summed E-state index contributed by atoms with van der Waals surface area (Å²) >= 11 is 0. The second-order valence-corrected chi connectivity index (χ2v) is 6.10. The Bertz CT molecular complexity index is 759. The topological polar surface area (TPSA) is 85.9 Å². The molecule has 0 radical (unpaired) electrons. The summed E-state index contributed by atoms with van der Waals surface area (Å²) in [4.78, 5) is 24.3. The lowest BCUT2D eigenvalue weighted by Crippen LogP contribution is -2.30. The highest BCUT2D eigenvalue weighted by molar-refractivity contribution is 5.96. The number of methoxy groups -OCH3 is 2. The molecule has 2 N–H and O–H groups in total. The summed E-state index contributed by atoms with van der Waals surface area (Å²) in [6.45, 7) is 2.81. The molecular formula is C21H26N2O5. The quantitative estimate of drug-likeness (QED) is 0.613. The largest absolute Gasteiger partial charge is 0.497 e. The van der Waals surface area contributed by atoms with Gasteiger partial charge in [0.1, 0.15) is 11.5 Å². The number of hydrogen-bond donors (Lipinski definition) is 2. The van der Waals surface area contributed by atoms with Crippen molar-refractivity contribution >= 4 is 17.5 Å². The zero-order chi connectivity index (χ0) is 20.4. The van der Waals surface area contributed by atoms with Crippen LogP contribution >= 0.6 is 0 Å². The molecule has 1 unspecified atom stereocenters. The Balaban J connectivity index is 1.84. The van der Waals surface area contributed by atoms with E-state index in [4.69, 9.17) is 14.2 Å². The molecule has 7 nitrogen and oxygen atoms in total. The van der Waals surface area contributed by atoms with E-state index in [1.165, 1.54) is 0 Å². The third-order valence-corrected chi connectivity index (χ3v) is 3.97. The number of benzene rings is 2. The molecule has 0 saturated heterocycles. The minimum atomic E-state index is -0.683. The van der Waals surface area contributed by atoms with Gasteiger partial charge in [0.05, 0.1) is 7.11 Å². The third-order valence-electron chi connectivity index (χ3n) is 3.97. The van der Waals surface area contributed by atoms with E-state index in [9.17, 15) is 9.59 Å². The summed E-state index contributed by atoms with van der Waals surface area (Å²) < 4.78 is 15.7. The molecule has 2 rings (SSSR count). The van der Waals surface area contributed by atoms with Crippen molar-refractivity contribution in [3.8, 4) is 11.5 Å². The minimum absolute atomic E-state index is 0.162. The maximum Gasteiger partial charge on any atom is 0.265 e. The van der Waals surface area contributed by atoms with Gasteiger partial charge in [0.2, 0.25) is 0 Å². The summed E-state index contributed by atoms with van der Waals surface area (Å²) in [5.74, 6) is 0.842. The van der Waals surface area contributed by atoms with Crippen LogP contribution < -0.4 is 20.1 Å². The Kier molecular flexibility index (Phi) is 8.30. The van der Waals surface area contributed by atoms with Crippen molar-refractivity contribution in [1.29, 1.82) is 0 Å². The predicted octanol–water partition coefficient (Wildman–Crippen LogP) is 2.87. The Hall–Kier alpha value is -3.06. The van der Waals surface area contributed by atoms with Gasteiger partial charge in [-0.2, -0.15) is 0 Å². The van der Waals surface area contributed by atoms with Gasteiger partial charge in [-0.15, -0.1) is 0 Å². The highest BCUT2D eigenvalue weighted by Crippen LogP contribution is 2.18. The van der Waals surface area contributed by atoms with Crippen LogP contribution in [0.3, 0.4) is 0 Å². The number of carbonyl (C=O) groups excluding carboxylic acids is 2. The van der Waals surface area contributed by atoms with Crippen molar-refractivity contribution in [2.45, 2.75) is 19.4 Å². The van der Waals surface area contributed by atoms with Crippen LogP contribution in [0.4, 0.5) is 5.69 Å². The molecule has 0 saturated carbocycles. The number of rotatable bonds is 10. The van der Waals surface area contributed by atoms with Crippen LogP contribution in [-0.4, -0.2) is 45.3 Å². The van der Waals surface area contributed by atoms with Crippen LogP contribution in [0.5, 0.6) is 11.5 Å². The number of carbonyl (C=O) groups is 2. The summed E-state index contributed by atoms with van der Waals surface area (Å²) in [5.41, 5.74) is 1.11.